The first-order valence-corrected chi connectivity index (χ1v) is 4.67. The summed E-state index contributed by atoms with van der Waals surface area (Å²) in [4.78, 5) is 23.2. The lowest BCUT2D eigenvalue weighted by molar-refractivity contribution is -0.151. The van der Waals surface area contributed by atoms with Gasteiger partial charge in [-0.15, -0.1) is 0 Å². The molecular weight excluding hydrogens is 164 g/mol. The molecule has 0 saturated heterocycles. The molecule has 1 saturated carbocycles. The second-order valence-corrected chi connectivity index (χ2v) is 4.23. The molecule has 0 heterocycles. The van der Waals surface area contributed by atoms with Crippen LogP contribution in [0.25, 0.3) is 0 Å². The minimum atomic E-state index is -0.314. The second-order valence-electron chi connectivity index (χ2n) is 4.23. The first kappa shape index (κ1) is 7.25. The fourth-order valence-corrected chi connectivity index (χ4v) is 3.02. The Hall–Kier alpha value is -1.18. The number of rotatable bonds is 0. The number of ketones is 2. The quantitative estimate of drug-likeness (QED) is 0.518. The molecule has 1 spiro atoms. The molecule has 2 bridgehead atoms. The van der Waals surface area contributed by atoms with Crippen molar-refractivity contribution in [1.82, 2.24) is 0 Å². The molecule has 3 aliphatic carbocycles. The lowest BCUT2D eigenvalue weighted by Gasteiger charge is -2.55. The van der Waals surface area contributed by atoms with Gasteiger partial charge in [0.05, 0.1) is 0 Å². The highest BCUT2D eigenvalue weighted by molar-refractivity contribution is 6.11. The van der Waals surface area contributed by atoms with Gasteiger partial charge in [-0.05, 0) is 30.9 Å². The highest BCUT2D eigenvalue weighted by atomic mass is 16.1. The van der Waals surface area contributed by atoms with Crippen LogP contribution >= 0.6 is 0 Å². The van der Waals surface area contributed by atoms with E-state index in [1.165, 1.54) is 12.2 Å². The van der Waals surface area contributed by atoms with Crippen LogP contribution in [0.5, 0.6) is 0 Å². The number of carbonyl (C=O) groups excluding carboxylic acids is 2. The fraction of sp³-hybridized carbons (Fsp3) is 0.455. The molecule has 0 aromatic carbocycles. The van der Waals surface area contributed by atoms with E-state index in [9.17, 15) is 9.59 Å². The first-order chi connectivity index (χ1) is 6.24. The van der Waals surface area contributed by atoms with Crippen molar-refractivity contribution in [2.24, 2.45) is 17.3 Å². The van der Waals surface area contributed by atoms with Crippen molar-refractivity contribution in [3.63, 3.8) is 0 Å². The summed E-state index contributed by atoms with van der Waals surface area (Å²) in [6, 6.07) is 0. The average Bonchev–Trinajstić information content (AvgIpc) is 2.13. The molecule has 13 heavy (non-hydrogen) atoms. The van der Waals surface area contributed by atoms with Gasteiger partial charge in [0.15, 0.2) is 11.6 Å². The second kappa shape index (κ2) is 2.00. The molecule has 1 fully saturated rings. The van der Waals surface area contributed by atoms with E-state index >= 15 is 0 Å². The monoisotopic (exact) mass is 174 g/mol. The minimum absolute atomic E-state index is 0.0185. The molecule has 3 unspecified atom stereocenters. The Morgan fingerprint density at radius 3 is 2.85 bits per heavy atom. The standard InChI is InChI=1S/C11H10O2/c12-8-3-4-9(13)11-5-1-2-7(6-11)10(8)11/h1-4,7,10H,5-6H2. The molecule has 3 atom stereocenters. The van der Waals surface area contributed by atoms with Crippen molar-refractivity contribution in [2.75, 3.05) is 0 Å². The van der Waals surface area contributed by atoms with Crippen molar-refractivity contribution >= 4 is 11.6 Å². The fourth-order valence-electron chi connectivity index (χ4n) is 3.02. The molecular formula is C11H10O2. The van der Waals surface area contributed by atoms with Crippen LogP contribution in [-0.4, -0.2) is 11.6 Å². The lowest BCUT2D eigenvalue weighted by Crippen LogP contribution is -2.58. The molecule has 0 aromatic rings. The van der Waals surface area contributed by atoms with Gasteiger partial charge in [0, 0.05) is 11.3 Å². The molecule has 0 aromatic heterocycles. The summed E-state index contributed by atoms with van der Waals surface area (Å²) in [7, 11) is 0. The molecule has 0 N–H and O–H groups in total. The zero-order valence-corrected chi connectivity index (χ0v) is 7.19. The van der Waals surface area contributed by atoms with Crippen molar-refractivity contribution in [3.05, 3.63) is 24.3 Å². The Labute approximate surface area is 76.3 Å². The summed E-state index contributed by atoms with van der Waals surface area (Å²) < 4.78 is 0. The summed E-state index contributed by atoms with van der Waals surface area (Å²) in [6.45, 7) is 0. The van der Waals surface area contributed by atoms with Gasteiger partial charge in [-0.2, -0.15) is 0 Å². The molecule has 2 heteroatoms. The van der Waals surface area contributed by atoms with Gasteiger partial charge in [-0.25, -0.2) is 0 Å². The van der Waals surface area contributed by atoms with E-state index in [2.05, 4.69) is 12.2 Å². The Morgan fingerprint density at radius 1 is 1.31 bits per heavy atom. The number of allylic oxidation sites excluding steroid dienone is 4. The van der Waals surface area contributed by atoms with Crippen LogP contribution in [0.2, 0.25) is 0 Å². The maximum Gasteiger partial charge on any atom is 0.163 e. The van der Waals surface area contributed by atoms with Crippen LogP contribution in [0.1, 0.15) is 12.8 Å². The molecule has 0 radical (unpaired) electrons. The van der Waals surface area contributed by atoms with E-state index in [0.29, 0.717) is 5.92 Å². The summed E-state index contributed by atoms with van der Waals surface area (Å²) in [5.41, 5.74) is -0.314. The van der Waals surface area contributed by atoms with E-state index in [0.717, 1.165) is 12.8 Å². The zero-order valence-electron chi connectivity index (χ0n) is 7.19. The highest BCUT2D eigenvalue weighted by Crippen LogP contribution is 2.59. The lowest BCUT2D eigenvalue weighted by atomic mass is 9.45. The molecule has 0 amide bonds. The van der Waals surface area contributed by atoms with Crippen molar-refractivity contribution in [3.8, 4) is 0 Å². The summed E-state index contributed by atoms with van der Waals surface area (Å²) in [5, 5.41) is 0. The average molecular weight is 174 g/mol. The third-order valence-electron chi connectivity index (χ3n) is 3.69. The molecule has 3 rings (SSSR count). The number of carbonyl (C=O) groups is 2. The minimum Gasteiger partial charge on any atom is -0.294 e. The maximum absolute atomic E-state index is 11.7. The van der Waals surface area contributed by atoms with E-state index in [4.69, 9.17) is 0 Å². The molecule has 66 valence electrons. The van der Waals surface area contributed by atoms with Crippen LogP contribution in [0.4, 0.5) is 0 Å². The van der Waals surface area contributed by atoms with Crippen molar-refractivity contribution in [1.29, 1.82) is 0 Å². The van der Waals surface area contributed by atoms with Gasteiger partial charge >= 0.3 is 0 Å². The summed E-state index contributed by atoms with van der Waals surface area (Å²) in [5.74, 6) is 0.642. The number of hydrogen-bond donors (Lipinski definition) is 0. The molecule has 0 aliphatic heterocycles. The smallest absolute Gasteiger partial charge is 0.163 e. The van der Waals surface area contributed by atoms with Crippen LogP contribution in [0, 0.1) is 17.3 Å². The Kier molecular flexibility index (Phi) is 1.12. The van der Waals surface area contributed by atoms with E-state index < -0.39 is 0 Å². The van der Waals surface area contributed by atoms with E-state index in [1.807, 2.05) is 0 Å². The topological polar surface area (TPSA) is 34.1 Å². The maximum atomic E-state index is 11.7. The Bertz CT molecular complexity index is 364. The molecule has 3 aliphatic rings. The van der Waals surface area contributed by atoms with Crippen LogP contribution in [0.3, 0.4) is 0 Å². The summed E-state index contributed by atoms with van der Waals surface area (Å²) in [6.07, 6.45) is 8.72. The van der Waals surface area contributed by atoms with Gasteiger partial charge in [-0.3, -0.25) is 9.59 Å². The van der Waals surface area contributed by atoms with Gasteiger partial charge in [-0.1, -0.05) is 12.2 Å². The Balaban J connectivity index is 2.14. The predicted octanol–water partition coefficient (Wildman–Crippen LogP) is 1.28. The SMILES string of the molecule is O=C1C=CC(=O)C23CC=CC(C2)C13. The highest BCUT2D eigenvalue weighted by Gasteiger charge is 2.61. The zero-order chi connectivity index (χ0) is 9.05. The molecule has 2 nitrogen and oxygen atoms in total. The number of fused-ring (bicyclic) bond motifs is 2. The van der Waals surface area contributed by atoms with Crippen LogP contribution in [-0.2, 0) is 9.59 Å². The van der Waals surface area contributed by atoms with Gasteiger partial charge < -0.3 is 0 Å². The number of hydrogen-bond acceptors (Lipinski definition) is 2. The predicted molar refractivity (Wildman–Crippen MR) is 46.9 cm³/mol. The third kappa shape index (κ3) is 0.656. The summed E-state index contributed by atoms with van der Waals surface area (Å²) >= 11 is 0. The normalized spacial score (nSPS) is 45.8. The van der Waals surface area contributed by atoms with Crippen molar-refractivity contribution in [2.45, 2.75) is 12.8 Å². The Morgan fingerprint density at radius 2 is 2.15 bits per heavy atom. The van der Waals surface area contributed by atoms with E-state index in [-0.39, 0.29) is 22.9 Å². The van der Waals surface area contributed by atoms with Gasteiger partial charge in [0.1, 0.15) is 0 Å². The van der Waals surface area contributed by atoms with Gasteiger partial charge in [0.25, 0.3) is 0 Å². The first-order valence-electron chi connectivity index (χ1n) is 4.67. The van der Waals surface area contributed by atoms with Crippen LogP contribution in [0.15, 0.2) is 24.3 Å². The third-order valence-corrected chi connectivity index (χ3v) is 3.69. The van der Waals surface area contributed by atoms with E-state index in [1.54, 1.807) is 0 Å². The van der Waals surface area contributed by atoms with Crippen LogP contribution < -0.4 is 0 Å². The largest absolute Gasteiger partial charge is 0.294 e. The van der Waals surface area contributed by atoms with Gasteiger partial charge in [0.2, 0.25) is 0 Å². The van der Waals surface area contributed by atoms with Crippen molar-refractivity contribution < 1.29 is 9.59 Å².